The molecule has 0 bridgehead atoms. The third-order valence-electron chi connectivity index (χ3n) is 6.13. The zero-order valence-corrected chi connectivity index (χ0v) is 19.6. The molecule has 0 radical (unpaired) electrons. The topological polar surface area (TPSA) is 50.4 Å². The fourth-order valence-electron chi connectivity index (χ4n) is 4.13. The second-order valence-electron chi connectivity index (χ2n) is 9.45. The molecule has 1 aliphatic carbocycles. The maximum Gasteiger partial charge on any atom is 0.257 e. The van der Waals surface area contributed by atoms with Gasteiger partial charge in [-0.05, 0) is 79.1 Å². The van der Waals surface area contributed by atoms with Crippen molar-refractivity contribution in [2.45, 2.75) is 58.9 Å². The molecule has 0 unspecified atom stereocenters. The van der Waals surface area contributed by atoms with E-state index >= 15 is 0 Å². The van der Waals surface area contributed by atoms with Gasteiger partial charge in [0.2, 0.25) is 0 Å². The zero-order valence-electron chi connectivity index (χ0n) is 18.8. The van der Waals surface area contributed by atoms with Crippen molar-refractivity contribution in [2.24, 2.45) is 11.3 Å². The smallest absolute Gasteiger partial charge is 0.257 e. The molecule has 0 spiro atoms. The molecule has 1 amide bonds. The zero-order chi connectivity index (χ0) is 22.3. The van der Waals surface area contributed by atoms with E-state index in [2.05, 4.69) is 43.5 Å². The molecule has 0 aliphatic heterocycles. The molecule has 2 N–H and O–H groups in total. The van der Waals surface area contributed by atoms with Crippen molar-refractivity contribution in [1.29, 1.82) is 0 Å². The second-order valence-corrected chi connectivity index (χ2v) is 9.86. The lowest BCUT2D eigenvalue weighted by molar-refractivity contribution is 0.0976. The molecule has 31 heavy (non-hydrogen) atoms. The largest absolute Gasteiger partial charge is 0.493 e. The van der Waals surface area contributed by atoms with Gasteiger partial charge in [0.15, 0.2) is 5.11 Å². The highest BCUT2D eigenvalue weighted by Crippen LogP contribution is 2.37. The lowest BCUT2D eigenvalue weighted by atomic mass is 9.71. The Morgan fingerprint density at radius 3 is 2.26 bits per heavy atom. The number of nitrogens with one attached hydrogen (secondary N) is 2. The molecule has 0 aromatic heterocycles. The molecule has 1 aliphatic rings. The number of hydrogen-bond donors (Lipinski definition) is 2. The van der Waals surface area contributed by atoms with Gasteiger partial charge in [-0.3, -0.25) is 10.1 Å². The van der Waals surface area contributed by atoms with Crippen LogP contribution in [0.1, 0.15) is 62.4 Å². The summed E-state index contributed by atoms with van der Waals surface area (Å²) >= 11 is 5.38. The Labute approximate surface area is 191 Å². The SMILES string of the molecule is CC(C)(C)C1CCC(NC(=S)NC(=O)c2ccc(OCCc3ccccc3)cc2)CC1. The van der Waals surface area contributed by atoms with Gasteiger partial charge in [0.05, 0.1) is 6.61 Å². The van der Waals surface area contributed by atoms with Crippen LogP contribution in [0, 0.1) is 11.3 Å². The lowest BCUT2D eigenvalue weighted by Crippen LogP contribution is -2.46. The Hall–Kier alpha value is -2.40. The minimum atomic E-state index is -0.197. The van der Waals surface area contributed by atoms with E-state index in [-0.39, 0.29) is 5.91 Å². The summed E-state index contributed by atoms with van der Waals surface area (Å²) in [5.74, 6) is 1.31. The van der Waals surface area contributed by atoms with Gasteiger partial charge in [0, 0.05) is 18.0 Å². The van der Waals surface area contributed by atoms with Gasteiger partial charge in [-0.25, -0.2) is 0 Å². The van der Waals surface area contributed by atoms with Crippen LogP contribution in [0.25, 0.3) is 0 Å². The fraction of sp³-hybridized carbons (Fsp3) is 0.462. The van der Waals surface area contributed by atoms with Crippen LogP contribution in [-0.2, 0) is 6.42 Å². The summed E-state index contributed by atoms with van der Waals surface area (Å²) in [6, 6.07) is 17.8. The molecule has 2 aromatic rings. The van der Waals surface area contributed by atoms with E-state index in [0.717, 1.165) is 30.9 Å². The predicted octanol–water partition coefficient (Wildman–Crippen LogP) is 5.52. The summed E-state index contributed by atoms with van der Waals surface area (Å²) in [6.45, 7) is 7.54. The number of amides is 1. The van der Waals surface area contributed by atoms with Crippen LogP contribution in [0.4, 0.5) is 0 Å². The summed E-state index contributed by atoms with van der Waals surface area (Å²) in [6.07, 6.45) is 5.42. The van der Waals surface area contributed by atoms with Crippen molar-refractivity contribution in [3.8, 4) is 5.75 Å². The second kappa shape index (κ2) is 10.8. The number of hydrogen-bond acceptors (Lipinski definition) is 3. The number of carbonyl (C=O) groups excluding carboxylic acids is 1. The fourth-order valence-corrected chi connectivity index (χ4v) is 4.39. The minimum absolute atomic E-state index is 0.197. The molecular weight excluding hydrogens is 404 g/mol. The van der Waals surface area contributed by atoms with Gasteiger partial charge in [-0.1, -0.05) is 51.1 Å². The highest BCUT2D eigenvalue weighted by Gasteiger charge is 2.29. The minimum Gasteiger partial charge on any atom is -0.493 e. The molecule has 1 fully saturated rings. The molecule has 0 heterocycles. The maximum atomic E-state index is 12.5. The molecule has 4 nitrogen and oxygen atoms in total. The average molecular weight is 439 g/mol. The first-order valence-electron chi connectivity index (χ1n) is 11.2. The monoisotopic (exact) mass is 438 g/mol. The first kappa shape index (κ1) is 23.3. The van der Waals surface area contributed by atoms with Gasteiger partial charge in [-0.15, -0.1) is 0 Å². The van der Waals surface area contributed by atoms with E-state index in [0.29, 0.717) is 28.7 Å². The van der Waals surface area contributed by atoms with Crippen LogP contribution in [0.3, 0.4) is 0 Å². The van der Waals surface area contributed by atoms with E-state index < -0.39 is 0 Å². The van der Waals surface area contributed by atoms with Crippen LogP contribution < -0.4 is 15.4 Å². The van der Waals surface area contributed by atoms with Crippen molar-refractivity contribution in [3.05, 3.63) is 65.7 Å². The van der Waals surface area contributed by atoms with Crippen molar-refractivity contribution < 1.29 is 9.53 Å². The quantitative estimate of drug-likeness (QED) is 0.583. The van der Waals surface area contributed by atoms with Crippen LogP contribution in [0.2, 0.25) is 0 Å². The predicted molar refractivity (Wildman–Crippen MR) is 130 cm³/mol. The van der Waals surface area contributed by atoms with Gasteiger partial charge in [0.1, 0.15) is 5.75 Å². The molecule has 166 valence electrons. The molecule has 0 atom stereocenters. The van der Waals surface area contributed by atoms with Crippen molar-refractivity contribution in [3.63, 3.8) is 0 Å². The normalized spacial score (nSPS) is 18.8. The molecule has 2 aromatic carbocycles. The standard InChI is InChI=1S/C26H34N2O2S/c1-26(2,3)21-11-13-22(14-12-21)27-25(31)28-24(29)20-9-15-23(16-10-20)30-18-17-19-7-5-4-6-8-19/h4-10,15-16,21-22H,11-14,17-18H2,1-3H3,(H2,27,28,29,31). The van der Waals surface area contributed by atoms with Crippen LogP contribution in [0.5, 0.6) is 5.75 Å². The molecule has 0 saturated heterocycles. The Morgan fingerprint density at radius 1 is 1.00 bits per heavy atom. The van der Waals surface area contributed by atoms with Gasteiger partial charge in [-0.2, -0.15) is 0 Å². The van der Waals surface area contributed by atoms with Crippen LogP contribution in [-0.4, -0.2) is 23.7 Å². The highest BCUT2D eigenvalue weighted by molar-refractivity contribution is 7.80. The van der Waals surface area contributed by atoms with E-state index in [1.165, 1.54) is 18.4 Å². The Bertz CT molecular complexity index is 851. The first-order valence-corrected chi connectivity index (χ1v) is 11.6. The maximum absolute atomic E-state index is 12.5. The van der Waals surface area contributed by atoms with E-state index in [4.69, 9.17) is 17.0 Å². The third-order valence-corrected chi connectivity index (χ3v) is 6.35. The number of thiocarbonyl (C=S) groups is 1. The van der Waals surface area contributed by atoms with Crippen LogP contribution >= 0.6 is 12.2 Å². The molecular formula is C26H34N2O2S. The summed E-state index contributed by atoms with van der Waals surface area (Å²) in [7, 11) is 0. The summed E-state index contributed by atoms with van der Waals surface area (Å²) in [5, 5.41) is 6.54. The molecule has 3 rings (SSSR count). The summed E-state index contributed by atoms with van der Waals surface area (Å²) in [4.78, 5) is 12.5. The van der Waals surface area contributed by atoms with Gasteiger partial charge < -0.3 is 10.1 Å². The molecule has 5 heteroatoms. The number of rotatable bonds is 6. The van der Waals surface area contributed by atoms with Gasteiger partial charge in [0.25, 0.3) is 5.91 Å². The van der Waals surface area contributed by atoms with E-state index in [1.54, 1.807) is 12.1 Å². The Kier molecular flexibility index (Phi) is 8.08. The number of benzene rings is 2. The summed E-state index contributed by atoms with van der Waals surface area (Å²) in [5.41, 5.74) is 2.17. The van der Waals surface area contributed by atoms with Crippen molar-refractivity contribution in [2.75, 3.05) is 6.61 Å². The number of ether oxygens (including phenoxy) is 1. The highest BCUT2D eigenvalue weighted by atomic mass is 32.1. The number of carbonyl (C=O) groups is 1. The summed E-state index contributed by atoms with van der Waals surface area (Å²) < 4.78 is 5.79. The van der Waals surface area contributed by atoms with Crippen molar-refractivity contribution >= 4 is 23.2 Å². The average Bonchev–Trinajstić information content (AvgIpc) is 2.74. The lowest BCUT2D eigenvalue weighted by Gasteiger charge is -2.37. The Balaban J connectivity index is 1.40. The van der Waals surface area contributed by atoms with Crippen molar-refractivity contribution in [1.82, 2.24) is 10.6 Å². The molecule has 1 saturated carbocycles. The van der Waals surface area contributed by atoms with E-state index in [1.807, 2.05) is 30.3 Å². The van der Waals surface area contributed by atoms with E-state index in [9.17, 15) is 4.79 Å². The Morgan fingerprint density at radius 2 is 1.65 bits per heavy atom. The van der Waals surface area contributed by atoms with Gasteiger partial charge >= 0.3 is 0 Å². The van der Waals surface area contributed by atoms with Crippen LogP contribution in [0.15, 0.2) is 54.6 Å². The third kappa shape index (κ3) is 7.35. The first-order chi connectivity index (χ1) is 14.8.